The van der Waals surface area contributed by atoms with E-state index in [4.69, 9.17) is 14.2 Å². The SMILES string of the molecule is COc1cc(C)c2c(c1-c1ccc(C(C)CNC(=O)OC(C)(C)C)cc1)c1cc(C)sc1c(=O)n2COCC[Si](C)(C)C. The normalized spacial score (nSPS) is 13.0. The van der Waals surface area contributed by atoms with Crippen LogP contribution >= 0.6 is 11.3 Å². The third-order valence-corrected chi connectivity index (χ3v) is 10.2. The molecular weight excluding hydrogens is 577 g/mol. The second-order valence-corrected chi connectivity index (χ2v) is 20.5. The van der Waals surface area contributed by atoms with Gasteiger partial charge in [0.15, 0.2) is 0 Å². The molecule has 0 saturated carbocycles. The Morgan fingerprint density at radius 3 is 2.37 bits per heavy atom. The number of carbonyl (C=O) groups is 1. The van der Waals surface area contributed by atoms with Crippen molar-refractivity contribution in [3.8, 4) is 16.9 Å². The van der Waals surface area contributed by atoms with Crippen LogP contribution in [-0.4, -0.2) is 44.6 Å². The number of hydrogen-bond donors (Lipinski definition) is 1. The van der Waals surface area contributed by atoms with Crippen LogP contribution in [0.3, 0.4) is 0 Å². The quantitative estimate of drug-likeness (QED) is 0.142. The lowest BCUT2D eigenvalue weighted by Gasteiger charge is -2.21. The summed E-state index contributed by atoms with van der Waals surface area (Å²) in [5, 5.41) is 4.81. The molecule has 0 aliphatic carbocycles. The summed E-state index contributed by atoms with van der Waals surface area (Å²) < 4.78 is 20.0. The minimum Gasteiger partial charge on any atom is -0.496 e. The molecule has 2 heterocycles. The Labute approximate surface area is 260 Å². The van der Waals surface area contributed by atoms with Gasteiger partial charge in [-0.15, -0.1) is 11.3 Å². The zero-order chi connectivity index (χ0) is 31.7. The van der Waals surface area contributed by atoms with E-state index >= 15 is 0 Å². The Bertz CT molecular complexity index is 1680. The molecule has 1 atom stereocenters. The molecule has 0 aliphatic heterocycles. The summed E-state index contributed by atoms with van der Waals surface area (Å²) in [5.74, 6) is 0.843. The maximum atomic E-state index is 13.8. The molecule has 0 spiro atoms. The van der Waals surface area contributed by atoms with Gasteiger partial charge in [-0.2, -0.15) is 0 Å². The number of benzene rings is 2. The second kappa shape index (κ2) is 12.8. The van der Waals surface area contributed by atoms with Gasteiger partial charge in [0, 0.05) is 42.4 Å². The van der Waals surface area contributed by atoms with Crippen LogP contribution in [-0.2, 0) is 16.2 Å². The highest BCUT2D eigenvalue weighted by Gasteiger charge is 2.23. The summed E-state index contributed by atoms with van der Waals surface area (Å²) >= 11 is 1.52. The maximum Gasteiger partial charge on any atom is 0.407 e. The summed E-state index contributed by atoms with van der Waals surface area (Å²) in [6.45, 7) is 20.0. The fourth-order valence-electron chi connectivity index (χ4n) is 5.22. The second-order valence-electron chi connectivity index (χ2n) is 13.6. The van der Waals surface area contributed by atoms with E-state index in [0.717, 1.165) is 59.9 Å². The fourth-order valence-corrected chi connectivity index (χ4v) is 6.94. The molecule has 7 nitrogen and oxygen atoms in total. The number of amides is 1. The van der Waals surface area contributed by atoms with Crippen LogP contribution in [0.5, 0.6) is 5.75 Å². The van der Waals surface area contributed by atoms with E-state index in [0.29, 0.717) is 13.2 Å². The standard InChI is InChI=1S/C34H46N2O5SSi/c1-21-17-27(39-7)28(25-13-11-24(12-14-25)22(2)19-35-33(38)41-34(4,5)6)29-26-18-23(3)42-31(26)32(37)36(30(21)29)20-40-15-16-43(8,9)10/h11-14,17-18,22H,15-16,19-20H2,1-10H3,(H,35,38). The number of methoxy groups -OCH3 is 1. The average molecular weight is 623 g/mol. The number of ether oxygens (including phenoxy) is 3. The van der Waals surface area contributed by atoms with Gasteiger partial charge in [0.2, 0.25) is 0 Å². The lowest BCUT2D eigenvalue weighted by molar-refractivity contribution is 0.0525. The number of rotatable bonds is 10. The van der Waals surface area contributed by atoms with Crippen LogP contribution in [0.1, 0.15) is 49.6 Å². The molecule has 232 valence electrons. The third kappa shape index (κ3) is 7.69. The number of fused-ring (bicyclic) bond motifs is 3. The van der Waals surface area contributed by atoms with E-state index < -0.39 is 19.8 Å². The number of carbonyl (C=O) groups excluding carboxylic acids is 1. The molecule has 0 saturated heterocycles. The molecular formula is C34H46N2O5SSi. The first-order valence-corrected chi connectivity index (χ1v) is 19.4. The Morgan fingerprint density at radius 2 is 1.77 bits per heavy atom. The highest BCUT2D eigenvalue weighted by molar-refractivity contribution is 7.19. The third-order valence-electron chi connectivity index (χ3n) is 7.44. The zero-order valence-corrected chi connectivity index (χ0v) is 29.1. The first-order valence-electron chi connectivity index (χ1n) is 14.9. The van der Waals surface area contributed by atoms with Crippen molar-refractivity contribution >= 4 is 46.5 Å². The van der Waals surface area contributed by atoms with Gasteiger partial charge >= 0.3 is 6.09 Å². The molecule has 1 unspecified atom stereocenters. The highest BCUT2D eigenvalue weighted by Crippen LogP contribution is 2.43. The van der Waals surface area contributed by atoms with Crippen molar-refractivity contribution in [2.45, 2.75) is 85.5 Å². The van der Waals surface area contributed by atoms with E-state index in [2.05, 4.69) is 62.2 Å². The van der Waals surface area contributed by atoms with E-state index in [-0.39, 0.29) is 18.2 Å². The van der Waals surface area contributed by atoms with Gasteiger partial charge in [0.1, 0.15) is 22.8 Å². The van der Waals surface area contributed by atoms with Gasteiger partial charge in [-0.05, 0) is 75.4 Å². The van der Waals surface area contributed by atoms with Crippen LogP contribution in [0.2, 0.25) is 25.7 Å². The van der Waals surface area contributed by atoms with E-state index in [9.17, 15) is 9.59 Å². The number of pyridine rings is 1. The summed E-state index contributed by atoms with van der Waals surface area (Å²) in [4.78, 5) is 27.1. The van der Waals surface area contributed by atoms with Crippen LogP contribution in [0.15, 0.2) is 41.2 Å². The van der Waals surface area contributed by atoms with Crippen LogP contribution in [0.4, 0.5) is 4.79 Å². The number of thiophene rings is 1. The lowest BCUT2D eigenvalue weighted by Crippen LogP contribution is -2.34. The summed E-state index contributed by atoms with van der Waals surface area (Å²) in [5.41, 5.74) is 4.32. The first-order chi connectivity index (χ1) is 20.1. The molecule has 2 aromatic heterocycles. The number of nitrogens with zero attached hydrogens (tertiary/aromatic N) is 1. The van der Waals surface area contributed by atoms with Crippen molar-refractivity contribution in [3.05, 3.63) is 62.8 Å². The molecule has 4 aromatic rings. The van der Waals surface area contributed by atoms with Crippen molar-refractivity contribution in [1.82, 2.24) is 9.88 Å². The summed E-state index contributed by atoms with van der Waals surface area (Å²) in [6.07, 6.45) is -0.419. The molecule has 0 bridgehead atoms. The van der Waals surface area contributed by atoms with Crippen molar-refractivity contribution < 1.29 is 19.0 Å². The van der Waals surface area contributed by atoms with Gasteiger partial charge in [-0.1, -0.05) is 50.8 Å². The van der Waals surface area contributed by atoms with Crippen molar-refractivity contribution in [1.29, 1.82) is 0 Å². The summed E-state index contributed by atoms with van der Waals surface area (Å²) in [6, 6.07) is 13.5. The molecule has 1 N–H and O–H groups in total. The van der Waals surface area contributed by atoms with Crippen LogP contribution in [0, 0.1) is 13.8 Å². The minimum absolute atomic E-state index is 0.0190. The molecule has 1 amide bonds. The molecule has 0 radical (unpaired) electrons. The summed E-state index contributed by atoms with van der Waals surface area (Å²) in [7, 11) is 0.422. The minimum atomic E-state index is -1.27. The number of nitrogens with one attached hydrogen (secondary N) is 1. The smallest absolute Gasteiger partial charge is 0.407 e. The van der Waals surface area contributed by atoms with E-state index in [1.165, 1.54) is 11.3 Å². The average Bonchev–Trinajstić information content (AvgIpc) is 3.31. The Kier molecular flexibility index (Phi) is 9.78. The van der Waals surface area contributed by atoms with Gasteiger partial charge in [-0.3, -0.25) is 9.36 Å². The number of aryl methyl sites for hydroxylation is 2. The Hall–Kier alpha value is -3.14. The Morgan fingerprint density at radius 1 is 1.09 bits per heavy atom. The van der Waals surface area contributed by atoms with Gasteiger partial charge in [0.25, 0.3) is 5.56 Å². The highest BCUT2D eigenvalue weighted by atomic mass is 32.1. The van der Waals surface area contributed by atoms with Gasteiger partial charge < -0.3 is 19.5 Å². The van der Waals surface area contributed by atoms with Gasteiger partial charge in [-0.25, -0.2) is 4.79 Å². The largest absolute Gasteiger partial charge is 0.496 e. The predicted molar refractivity (Wildman–Crippen MR) is 182 cm³/mol. The number of alkyl carbamates (subject to hydrolysis) is 1. The van der Waals surface area contributed by atoms with Crippen LogP contribution < -0.4 is 15.6 Å². The zero-order valence-electron chi connectivity index (χ0n) is 27.3. The van der Waals surface area contributed by atoms with Crippen molar-refractivity contribution in [2.24, 2.45) is 0 Å². The van der Waals surface area contributed by atoms with E-state index in [1.807, 2.05) is 40.7 Å². The lowest BCUT2D eigenvalue weighted by atomic mass is 9.92. The Balaban J connectivity index is 1.78. The number of hydrogen-bond acceptors (Lipinski definition) is 6. The molecule has 0 aliphatic rings. The van der Waals surface area contributed by atoms with E-state index in [1.54, 1.807) is 11.7 Å². The molecule has 9 heteroatoms. The van der Waals surface area contributed by atoms with Crippen molar-refractivity contribution in [2.75, 3.05) is 20.3 Å². The first kappa shape index (κ1) is 32.8. The molecule has 4 rings (SSSR count). The van der Waals surface area contributed by atoms with Crippen molar-refractivity contribution in [3.63, 3.8) is 0 Å². The topological polar surface area (TPSA) is 78.8 Å². The monoisotopic (exact) mass is 622 g/mol. The molecule has 2 aromatic carbocycles. The maximum absolute atomic E-state index is 13.8. The molecule has 43 heavy (non-hydrogen) atoms. The van der Waals surface area contributed by atoms with Crippen LogP contribution in [0.25, 0.3) is 32.1 Å². The number of aromatic nitrogens is 1. The van der Waals surface area contributed by atoms with Gasteiger partial charge in [0.05, 0.1) is 12.6 Å². The fraction of sp³-hybridized carbons (Fsp3) is 0.471. The predicted octanol–water partition coefficient (Wildman–Crippen LogP) is 8.45. The molecule has 0 fully saturated rings.